The summed E-state index contributed by atoms with van der Waals surface area (Å²) in [5, 5.41) is 0.430. The third kappa shape index (κ3) is 7.81. The number of hydrogen-bond acceptors (Lipinski definition) is 7. The van der Waals surface area contributed by atoms with Crippen LogP contribution in [0.15, 0.2) is 120 Å². The number of sulfonamides is 1. The minimum atomic E-state index is -4.26. The highest BCUT2D eigenvalue weighted by molar-refractivity contribution is 7.89. The summed E-state index contributed by atoms with van der Waals surface area (Å²) >= 11 is 6.24. The summed E-state index contributed by atoms with van der Waals surface area (Å²) < 4.78 is 46.4. The van der Waals surface area contributed by atoms with Crippen LogP contribution in [-0.4, -0.2) is 34.6 Å². The van der Waals surface area contributed by atoms with Crippen molar-refractivity contribution in [3.63, 3.8) is 0 Å². The van der Waals surface area contributed by atoms with E-state index < -0.39 is 39.2 Å². The van der Waals surface area contributed by atoms with Gasteiger partial charge in [-0.15, -0.1) is 0 Å². The second-order valence-corrected chi connectivity index (χ2v) is 12.5. The molecule has 8 nitrogen and oxygen atoms in total. The highest BCUT2D eigenvalue weighted by atomic mass is 35.5. The van der Waals surface area contributed by atoms with Crippen LogP contribution in [0.4, 0.5) is 0 Å². The molecule has 0 spiro atoms. The van der Waals surface area contributed by atoms with Crippen molar-refractivity contribution in [2.75, 3.05) is 14.2 Å². The molecule has 234 valence electrons. The van der Waals surface area contributed by atoms with Crippen LogP contribution >= 0.6 is 11.6 Å². The topological polar surface area (TPSA) is 108 Å². The second-order valence-electron chi connectivity index (χ2n) is 10.4. The van der Waals surface area contributed by atoms with Crippen LogP contribution in [0.2, 0.25) is 5.02 Å². The number of hydrogen-bond donors (Lipinski definition) is 1. The molecule has 4 aromatic rings. The van der Waals surface area contributed by atoms with Gasteiger partial charge in [-0.2, -0.15) is 0 Å². The first kappa shape index (κ1) is 33.5. The summed E-state index contributed by atoms with van der Waals surface area (Å²) in [5.74, 6) is -2.89. The molecule has 4 aromatic carbocycles. The third-order valence-corrected chi connectivity index (χ3v) is 8.89. The van der Waals surface area contributed by atoms with Gasteiger partial charge in [0.15, 0.2) is 0 Å². The van der Waals surface area contributed by atoms with Crippen LogP contribution in [0, 0.1) is 13.8 Å². The minimum absolute atomic E-state index is 0.0234. The van der Waals surface area contributed by atoms with Crippen molar-refractivity contribution in [2.45, 2.75) is 36.9 Å². The van der Waals surface area contributed by atoms with E-state index in [4.69, 9.17) is 25.8 Å². The Morgan fingerprint density at radius 3 is 1.96 bits per heavy atom. The van der Waals surface area contributed by atoms with Gasteiger partial charge < -0.3 is 14.2 Å². The standard InChI is InChI=1S/C35H34ClNO7S/c1-24-10-16-28(17-11-24)35(34(39)43-4,44-23-26-8-6-5-7-9-26)31(27-14-18-29(36)19-15-27)22-32(33(38)42-3)37-45(40,41)30-20-12-25(2)13-21-30/h5-22,31,37H,23H2,1-4H3/b32-22-. The molecule has 1 N–H and O–H groups in total. The largest absolute Gasteiger partial charge is 0.467 e. The Kier molecular flexibility index (Phi) is 10.8. The molecule has 0 aliphatic heterocycles. The van der Waals surface area contributed by atoms with Crippen molar-refractivity contribution in [1.29, 1.82) is 0 Å². The molecular formula is C35H34ClNO7S. The summed E-state index contributed by atoms with van der Waals surface area (Å²) in [4.78, 5) is 27.3. The molecule has 0 aliphatic rings. The molecule has 4 rings (SSSR count). The Morgan fingerprint density at radius 2 is 1.40 bits per heavy atom. The van der Waals surface area contributed by atoms with Gasteiger partial charge in [0.2, 0.25) is 5.60 Å². The number of carbonyl (C=O) groups excluding carboxylic acids is 2. The summed E-state index contributed by atoms with van der Waals surface area (Å²) in [5.41, 5.74) is 1.11. The fraction of sp³-hybridized carbons (Fsp3) is 0.200. The first-order valence-corrected chi connectivity index (χ1v) is 15.8. The number of ether oxygens (including phenoxy) is 3. The van der Waals surface area contributed by atoms with Crippen molar-refractivity contribution in [2.24, 2.45) is 0 Å². The molecule has 0 saturated heterocycles. The first-order chi connectivity index (χ1) is 21.5. The molecule has 0 bridgehead atoms. The van der Waals surface area contributed by atoms with E-state index in [1.807, 2.05) is 56.3 Å². The molecule has 0 amide bonds. The highest BCUT2D eigenvalue weighted by Gasteiger charge is 2.50. The summed E-state index contributed by atoms with van der Waals surface area (Å²) in [6.07, 6.45) is 1.32. The molecule has 0 saturated carbocycles. The summed E-state index contributed by atoms with van der Waals surface area (Å²) in [7, 11) is -1.89. The van der Waals surface area contributed by atoms with Gasteiger partial charge in [-0.05, 0) is 60.9 Å². The van der Waals surface area contributed by atoms with E-state index >= 15 is 0 Å². The molecule has 0 aliphatic carbocycles. The van der Waals surface area contributed by atoms with Crippen molar-refractivity contribution < 1.29 is 32.2 Å². The predicted molar refractivity (Wildman–Crippen MR) is 172 cm³/mol. The Labute approximate surface area is 268 Å². The lowest BCUT2D eigenvalue weighted by Crippen LogP contribution is -2.45. The van der Waals surface area contributed by atoms with E-state index in [0.29, 0.717) is 16.1 Å². The number of halogens is 1. The van der Waals surface area contributed by atoms with E-state index in [2.05, 4.69) is 4.72 Å². The van der Waals surface area contributed by atoms with Gasteiger partial charge in [0.25, 0.3) is 10.0 Å². The number of rotatable bonds is 12. The molecule has 2 unspecified atom stereocenters. The quantitative estimate of drug-likeness (QED) is 0.141. The number of carbonyl (C=O) groups is 2. The first-order valence-electron chi connectivity index (χ1n) is 14.0. The van der Waals surface area contributed by atoms with Crippen LogP contribution in [-0.2, 0) is 46.0 Å². The zero-order chi connectivity index (χ0) is 32.6. The minimum Gasteiger partial charge on any atom is -0.467 e. The van der Waals surface area contributed by atoms with Crippen LogP contribution in [0.25, 0.3) is 0 Å². The molecule has 0 aromatic heterocycles. The maximum atomic E-state index is 14.1. The Morgan fingerprint density at radius 1 is 0.822 bits per heavy atom. The van der Waals surface area contributed by atoms with E-state index in [1.165, 1.54) is 25.3 Å². The van der Waals surface area contributed by atoms with E-state index in [-0.39, 0.29) is 11.5 Å². The molecule has 0 fully saturated rings. The number of methoxy groups -OCH3 is 2. The molecular weight excluding hydrogens is 614 g/mol. The van der Waals surface area contributed by atoms with Crippen LogP contribution in [0.5, 0.6) is 0 Å². The Hall–Kier alpha value is -4.44. The molecule has 2 atom stereocenters. The smallest absolute Gasteiger partial charge is 0.354 e. The molecule has 10 heteroatoms. The van der Waals surface area contributed by atoms with Gasteiger partial charge in [0.05, 0.1) is 25.7 Å². The average molecular weight is 648 g/mol. The maximum Gasteiger partial charge on any atom is 0.354 e. The normalized spacial score (nSPS) is 13.8. The molecule has 45 heavy (non-hydrogen) atoms. The lowest BCUT2D eigenvalue weighted by atomic mass is 9.76. The number of aryl methyl sites for hydroxylation is 2. The number of esters is 2. The summed E-state index contributed by atoms with van der Waals surface area (Å²) in [6.45, 7) is 3.71. The number of nitrogens with one attached hydrogen (secondary N) is 1. The van der Waals surface area contributed by atoms with Gasteiger partial charge in [-0.25, -0.2) is 18.0 Å². The van der Waals surface area contributed by atoms with Gasteiger partial charge in [0, 0.05) is 10.9 Å². The fourth-order valence-corrected chi connectivity index (χ4v) is 6.02. The van der Waals surface area contributed by atoms with Gasteiger partial charge in [-0.1, -0.05) is 102 Å². The molecule has 0 radical (unpaired) electrons. The van der Waals surface area contributed by atoms with Crippen LogP contribution in [0.1, 0.15) is 33.7 Å². The Balaban J connectivity index is 2.00. The lowest BCUT2D eigenvalue weighted by molar-refractivity contribution is -0.176. The van der Waals surface area contributed by atoms with Gasteiger partial charge >= 0.3 is 11.9 Å². The van der Waals surface area contributed by atoms with Crippen molar-refractivity contribution in [3.05, 3.63) is 148 Å². The molecule has 0 heterocycles. The number of benzene rings is 4. The van der Waals surface area contributed by atoms with Gasteiger partial charge in [0.1, 0.15) is 5.70 Å². The fourth-order valence-electron chi connectivity index (χ4n) is 4.84. The van der Waals surface area contributed by atoms with E-state index in [9.17, 15) is 18.0 Å². The van der Waals surface area contributed by atoms with Crippen LogP contribution in [0.3, 0.4) is 0 Å². The monoisotopic (exact) mass is 647 g/mol. The predicted octanol–water partition coefficient (Wildman–Crippen LogP) is 6.36. The van der Waals surface area contributed by atoms with E-state index in [1.54, 1.807) is 48.5 Å². The van der Waals surface area contributed by atoms with E-state index in [0.717, 1.165) is 23.8 Å². The summed E-state index contributed by atoms with van der Waals surface area (Å²) in [6, 6.07) is 29.1. The third-order valence-electron chi connectivity index (χ3n) is 7.26. The van der Waals surface area contributed by atoms with Crippen LogP contribution < -0.4 is 4.72 Å². The van der Waals surface area contributed by atoms with Crippen molar-refractivity contribution in [1.82, 2.24) is 4.72 Å². The lowest BCUT2D eigenvalue weighted by Gasteiger charge is -2.38. The zero-order valence-corrected chi connectivity index (χ0v) is 26.9. The average Bonchev–Trinajstić information content (AvgIpc) is 3.05. The SMILES string of the molecule is COC(=O)/C(=C/C(c1ccc(Cl)cc1)C(OCc1ccccc1)(C(=O)OC)c1ccc(C)cc1)NS(=O)(=O)c1ccc(C)cc1. The van der Waals surface area contributed by atoms with Crippen molar-refractivity contribution in [3.8, 4) is 0 Å². The second kappa shape index (κ2) is 14.6. The Bertz CT molecular complexity index is 1760. The maximum absolute atomic E-state index is 14.1. The van der Waals surface area contributed by atoms with Gasteiger partial charge in [-0.3, -0.25) is 4.72 Å². The zero-order valence-electron chi connectivity index (χ0n) is 25.3. The highest BCUT2D eigenvalue weighted by Crippen LogP contribution is 2.44. The van der Waals surface area contributed by atoms with Crippen molar-refractivity contribution >= 4 is 33.6 Å².